The zero-order chi connectivity index (χ0) is 13.1. The zero-order valence-electron chi connectivity index (χ0n) is 10.1. The minimum atomic E-state index is -0.844. The Bertz CT molecular complexity index is 449. The van der Waals surface area contributed by atoms with Crippen LogP contribution in [0.5, 0.6) is 0 Å². The fourth-order valence-corrected chi connectivity index (χ4v) is 2.37. The Hall–Kier alpha value is -1.10. The quantitative estimate of drug-likeness (QED) is 0.892. The third-order valence-corrected chi connectivity index (χ3v) is 4.01. The predicted molar refractivity (Wildman–Crippen MR) is 68.3 cm³/mol. The molecule has 5 heteroatoms. The summed E-state index contributed by atoms with van der Waals surface area (Å²) in [6, 6.07) is 4.43. The molecule has 98 valence electrons. The first-order chi connectivity index (χ1) is 8.58. The number of carbonyl (C=O) groups is 1. The van der Waals surface area contributed by atoms with Gasteiger partial charge in [0, 0.05) is 17.4 Å². The molecule has 0 heterocycles. The molecule has 1 unspecified atom stereocenters. The Labute approximate surface area is 109 Å². The molecule has 0 aromatic heterocycles. The van der Waals surface area contributed by atoms with Crippen LogP contribution in [-0.4, -0.2) is 17.2 Å². The standard InChI is InChI=1S/C13H15F2NOS/c1-8(13(17)16-10-5-6-10)18-7-9-3-2-4-11(14)12(9)15/h2-4,8,10H,5-7H2,1H3,(H,16,17). The molecule has 1 aliphatic rings. The SMILES string of the molecule is CC(SCc1cccc(F)c1F)C(=O)NC1CC1. The number of thioether (sulfide) groups is 1. The van der Waals surface area contributed by atoms with Crippen LogP contribution in [0.2, 0.25) is 0 Å². The molecule has 0 saturated heterocycles. The van der Waals surface area contributed by atoms with Crippen molar-refractivity contribution in [3.05, 3.63) is 35.4 Å². The number of nitrogens with one attached hydrogen (secondary N) is 1. The second-order valence-electron chi connectivity index (χ2n) is 4.45. The van der Waals surface area contributed by atoms with Crippen molar-refractivity contribution < 1.29 is 13.6 Å². The van der Waals surface area contributed by atoms with Gasteiger partial charge in [-0.05, 0) is 25.8 Å². The molecule has 1 saturated carbocycles. The summed E-state index contributed by atoms with van der Waals surface area (Å²) in [5.74, 6) is -1.40. The minimum Gasteiger partial charge on any atom is -0.352 e. The Morgan fingerprint density at radius 1 is 1.50 bits per heavy atom. The van der Waals surface area contributed by atoms with E-state index in [4.69, 9.17) is 0 Å². The maximum absolute atomic E-state index is 13.4. The highest BCUT2D eigenvalue weighted by atomic mass is 32.2. The van der Waals surface area contributed by atoms with E-state index < -0.39 is 11.6 Å². The van der Waals surface area contributed by atoms with Crippen molar-refractivity contribution in [2.24, 2.45) is 0 Å². The highest BCUT2D eigenvalue weighted by Crippen LogP contribution is 2.23. The van der Waals surface area contributed by atoms with Gasteiger partial charge in [0.15, 0.2) is 11.6 Å². The fourth-order valence-electron chi connectivity index (χ4n) is 1.50. The van der Waals surface area contributed by atoms with Crippen LogP contribution in [0.1, 0.15) is 25.3 Å². The van der Waals surface area contributed by atoms with Crippen LogP contribution < -0.4 is 5.32 Å². The van der Waals surface area contributed by atoms with Gasteiger partial charge >= 0.3 is 0 Å². The molecule has 1 N–H and O–H groups in total. The number of carbonyl (C=O) groups excluding carboxylic acids is 1. The Kier molecular flexibility index (Phi) is 4.22. The molecule has 1 amide bonds. The summed E-state index contributed by atoms with van der Waals surface area (Å²) in [7, 11) is 0. The highest BCUT2D eigenvalue weighted by Gasteiger charge is 2.25. The molecule has 1 aliphatic carbocycles. The van der Waals surface area contributed by atoms with E-state index in [0.29, 0.717) is 17.4 Å². The van der Waals surface area contributed by atoms with Crippen LogP contribution in [0, 0.1) is 11.6 Å². The molecule has 0 radical (unpaired) electrons. The second kappa shape index (κ2) is 5.69. The summed E-state index contributed by atoms with van der Waals surface area (Å²) in [5, 5.41) is 2.63. The van der Waals surface area contributed by atoms with Crippen LogP contribution in [0.15, 0.2) is 18.2 Å². The van der Waals surface area contributed by atoms with E-state index in [-0.39, 0.29) is 11.2 Å². The number of benzene rings is 1. The minimum absolute atomic E-state index is 0.0284. The van der Waals surface area contributed by atoms with Crippen molar-refractivity contribution >= 4 is 17.7 Å². The van der Waals surface area contributed by atoms with Gasteiger partial charge in [0.1, 0.15) is 0 Å². The summed E-state index contributed by atoms with van der Waals surface area (Å²) < 4.78 is 26.4. The summed E-state index contributed by atoms with van der Waals surface area (Å²) in [5.41, 5.74) is 0.297. The van der Waals surface area contributed by atoms with Gasteiger partial charge in [-0.15, -0.1) is 11.8 Å². The number of hydrogen-bond donors (Lipinski definition) is 1. The molecule has 1 atom stereocenters. The molecule has 0 aliphatic heterocycles. The summed E-state index contributed by atoms with van der Waals surface area (Å²) in [6.07, 6.45) is 2.09. The van der Waals surface area contributed by atoms with Crippen LogP contribution in [0.3, 0.4) is 0 Å². The highest BCUT2D eigenvalue weighted by molar-refractivity contribution is 7.99. The third kappa shape index (κ3) is 3.45. The molecule has 1 aromatic rings. The first kappa shape index (κ1) is 13.3. The molecular weight excluding hydrogens is 256 g/mol. The van der Waals surface area contributed by atoms with Gasteiger partial charge in [0.25, 0.3) is 0 Å². The maximum Gasteiger partial charge on any atom is 0.233 e. The normalized spacial score (nSPS) is 16.4. The Morgan fingerprint density at radius 2 is 2.22 bits per heavy atom. The third-order valence-electron chi connectivity index (χ3n) is 2.81. The van der Waals surface area contributed by atoms with Gasteiger partial charge in [-0.2, -0.15) is 0 Å². The van der Waals surface area contributed by atoms with Crippen LogP contribution in [-0.2, 0) is 10.5 Å². The van der Waals surface area contributed by atoms with Crippen LogP contribution >= 0.6 is 11.8 Å². The topological polar surface area (TPSA) is 29.1 Å². The van der Waals surface area contributed by atoms with Gasteiger partial charge in [-0.1, -0.05) is 12.1 Å². The van der Waals surface area contributed by atoms with Gasteiger partial charge in [-0.25, -0.2) is 8.78 Å². The van der Waals surface area contributed by atoms with E-state index >= 15 is 0 Å². The van der Waals surface area contributed by atoms with Gasteiger partial charge in [0.05, 0.1) is 5.25 Å². The zero-order valence-corrected chi connectivity index (χ0v) is 10.9. The van der Waals surface area contributed by atoms with Crippen molar-refractivity contribution in [3.8, 4) is 0 Å². The first-order valence-electron chi connectivity index (χ1n) is 5.93. The summed E-state index contributed by atoms with van der Waals surface area (Å²) >= 11 is 1.31. The number of rotatable bonds is 5. The van der Waals surface area contributed by atoms with Crippen LogP contribution in [0.25, 0.3) is 0 Å². The fraction of sp³-hybridized carbons (Fsp3) is 0.462. The van der Waals surface area contributed by atoms with Crippen molar-refractivity contribution in [2.75, 3.05) is 0 Å². The van der Waals surface area contributed by atoms with E-state index in [9.17, 15) is 13.6 Å². The maximum atomic E-state index is 13.4. The largest absolute Gasteiger partial charge is 0.352 e. The van der Waals surface area contributed by atoms with Crippen molar-refractivity contribution in [3.63, 3.8) is 0 Å². The van der Waals surface area contributed by atoms with E-state index in [1.54, 1.807) is 6.92 Å². The summed E-state index contributed by atoms with van der Waals surface area (Å²) in [4.78, 5) is 11.7. The number of amides is 1. The Morgan fingerprint density at radius 3 is 2.89 bits per heavy atom. The van der Waals surface area contributed by atoms with E-state index in [1.807, 2.05) is 0 Å². The second-order valence-corrected chi connectivity index (χ2v) is 5.78. The molecule has 1 fully saturated rings. The van der Waals surface area contributed by atoms with Gasteiger partial charge < -0.3 is 5.32 Å². The molecule has 0 bridgehead atoms. The monoisotopic (exact) mass is 271 g/mol. The molecule has 1 aromatic carbocycles. The molecule has 18 heavy (non-hydrogen) atoms. The number of halogens is 2. The lowest BCUT2D eigenvalue weighted by Gasteiger charge is -2.11. The first-order valence-corrected chi connectivity index (χ1v) is 6.97. The molecular formula is C13H15F2NOS. The Balaban J connectivity index is 1.86. The molecule has 0 spiro atoms. The van der Waals surface area contributed by atoms with Crippen molar-refractivity contribution in [2.45, 2.75) is 36.8 Å². The van der Waals surface area contributed by atoms with Crippen molar-refractivity contribution in [1.29, 1.82) is 0 Å². The molecule has 2 rings (SSSR count). The van der Waals surface area contributed by atoms with Crippen LogP contribution in [0.4, 0.5) is 8.78 Å². The average Bonchev–Trinajstić information content (AvgIpc) is 3.14. The lowest BCUT2D eigenvalue weighted by Crippen LogP contribution is -2.32. The van der Waals surface area contributed by atoms with E-state index in [1.165, 1.54) is 23.9 Å². The van der Waals surface area contributed by atoms with E-state index in [2.05, 4.69) is 5.32 Å². The lowest BCUT2D eigenvalue weighted by molar-refractivity contribution is -0.120. The van der Waals surface area contributed by atoms with Crippen molar-refractivity contribution in [1.82, 2.24) is 5.32 Å². The van der Waals surface area contributed by atoms with Gasteiger partial charge in [0.2, 0.25) is 5.91 Å². The van der Waals surface area contributed by atoms with E-state index in [0.717, 1.165) is 18.9 Å². The molecule has 2 nitrogen and oxygen atoms in total. The predicted octanol–water partition coefficient (Wildman–Crippen LogP) is 2.87. The lowest BCUT2D eigenvalue weighted by atomic mass is 10.2. The average molecular weight is 271 g/mol. The number of hydrogen-bond acceptors (Lipinski definition) is 2. The summed E-state index contributed by atoms with van der Waals surface area (Å²) in [6.45, 7) is 1.78. The van der Waals surface area contributed by atoms with Gasteiger partial charge in [-0.3, -0.25) is 4.79 Å². The smallest absolute Gasteiger partial charge is 0.233 e.